The molecule has 52 heavy (non-hydrogen) atoms. The lowest BCUT2D eigenvalue weighted by Crippen LogP contribution is -2.66. The summed E-state index contributed by atoms with van der Waals surface area (Å²) in [6, 6.07) is 13.4. The van der Waals surface area contributed by atoms with Gasteiger partial charge in [0.2, 0.25) is 23.6 Å². The van der Waals surface area contributed by atoms with E-state index in [2.05, 4.69) is 15.1 Å². The van der Waals surface area contributed by atoms with Crippen LogP contribution in [0.25, 0.3) is 33.6 Å². The molecule has 5 heterocycles. The predicted molar refractivity (Wildman–Crippen MR) is 194 cm³/mol. The fourth-order valence-corrected chi connectivity index (χ4v) is 8.67. The summed E-state index contributed by atoms with van der Waals surface area (Å²) in [5.41, 5.74) is 7.35. The van der Waals surface area contributed by atoms with Gasteiger partial charge in [-0.25, -0.2) is 14.4 Å². The number of fused-ring (bicyclic) bond motifs is 1. The van der Waals surface area contributed by atoms with Gasteiger partial charge in [0.15, 0.2) is 0 Å². The van der Waals surface area contributed by atoms with E-state index in [9.17, 15) is 9.59 Å². The highest BCUT2D eigenvalue weighted by atomic mass is 19.1. The lowest BCUT2D eigenvalue weighted by Gasteiger charge is -2.47. The van der Waals surface area contributed by atoms with Gasteiger partial charge in [0.25, 0.3) is 0 Å². The Morgan fingerprint density at radius 1 is 0.942 bits per heavy atom. The van der Waals surface area contributed by atoms with Gasteiger partial charge in [0.1, 0.15) is 11.5 Å². The Balaban J connectivity index is 1.05. The summed E-state index contributed by atoms with van der Waals surface area (Å²) in [4.78, 5) is 44.7. The van der Waals surface area contributed by atoms with Crippen molar-refractivity contribution in [2.24, 2.45) is 0 Å². The van der Waals surface area contributed by atoms with Crippen molar-refractivity contribution in [3.05, 3.63) is 76.9 Å². The van der Waals surface area contributed by atoms with Crippen molar-refractivity contribution in [2.75, 3.05) is 53.5 Å². The van der Waals surface area contributed by atoms with Gasteiger partial charge in [-0.05, 0) is 55.0 Å². The average molecular weight is 706 g/mol. The topological polar surface area (TPSA) is 113 Å². The molecule has 1 N–H and O–H groups in total. The SMILES string of the molecule is COc1nc(-c2cccc(-c3cccc(-c4cc5c(c(OC)n4)C(N4CCN(C(C)=O)CC4)CC5)c3F)c2C)cnc1CN1CC2(CCC(=O)N2)C1. The Morgan fingerprint density at radius 3 is 2.33 bits per heavy atom. The highest BCUT2D eigenvalue weighted by molar-refractivity contribution is 5.81. The molecule has 0 radical (unpaired) electrons. The van der Waals surface area contributed by atoms with E-state index < -0.39 is 0 Å². The van der Waals surface area contributed by atoms with Crippen LogP contribution < -0.4 is 14.8 Å². The van der Waals surface area contributed by atoms with Crippen LogP contribution in [-0.2, 0) is 22.6 Å². The smallest absolute Gasteiger partial charge is 0.237 e. The second kappa shape index (κ2) is 13.6. The zero-order chi connectivity index (χ0) is 36.1. The van der Waals surface area contributed by atoms with E-state index in [0.717, 1.165) is 79.0 Å². The Kier molecular flexibility index (Phi) is 8.91. The number of piperazine rings is 1. The Hall–Kier alpha value is -4.94. The van der Waals surface area contributed by atoms with Crippen molar-refractivity contribution >= 4 is 11.8 Å². The number of halogens is 1. The molecule has 2 amide bonds. The van der Waals surface area contributed by atoms with Crippen LogP contribution in [0.5, 0.6) is 11.8 Å². The lowest BCUT2D eigenvalue weighted by atomic mass is 9.88. The van der Waals surface area contributed by atoms with Gasteiger partial charge in [-0.1, -0.05) is 30.3 Å². The molecular weight excluding hydrogens is 661 g/mol. The summed E-state index contributed by atoms with van der Waals surface area (Å²) in [5.74, 6) is 0.861. The maximum absolute atomic E-state index is 16.7. The first-order valence-electron chi connectivity index (χ1n) is 18.1. The molecule has 0 bridgehead atoms. The standard InChI is InChI=1S/C40H44FN7O4/c1-24-27(7-5-8-28(24)32-20-42-33(38(44-32)51-3)21-46-22-40(23-46)14-13-35(50)45-40)29-9-6-10-30(37(29)41)31-19-26-11-12-34(36(26)39(43-31)52-4)48-17-15-47(16-18-48)25(2)49/h5-10,19-20,34H,11-18,21-23H2,1-4H3,(H,45,50). The molecule has 3 fully saturated rings. The van der Waals surface area contributed by atoms with Crippen molar-refractivity contribution in [1.29, 1.82) is 0 Å². The molecule has 2 aromatic heterocycles. The molecule has 12 heteroatoms. The number of carbonyl (C=O) groups excluding carboxylic acids is 2. The number of ether oxygens (including phenoxy) is 2. The first-order valence-corrected chi connectivity index (χ1v) is 18.1. The van der Waals surface area contributed by atoms with Crippen molar-refractivity contribution in [3.8, 4) is 45.4 Å². The third kappa shape index (κ3) is 6.07. The van der Waals surface area contributed by atoms with Crippen molar-refractivity contribution < 1.29 is 23.5 Å². The number of aromatic nitrogens is 3. The van der Waals surface area contributed by atoms with Crippen LogP contribution in [0.2, 0.25) is 0 Å². The summed E-state index contributed by atoms with van der Waals surface area (Å²) < 4.78 is 28.2. The van der Waals surface area contributed by atoms with Crippen LogP contribution in [0.4, 0.5) is 4.39 Å². The fraction of sp³-hybridized carbons (Fsp3) is 0.425. The highest BCUT2D eigenvalue weighted by Gasteiger charge is 2.47. The predicted octanol–water partition coefficient (Wildman–Crippen LogP) is 4.95. The molecule has 1 spiro atoms. The molecule has 4 aliphatic rings. The van der Waals surface area contributed by atoms with Crippen molar-refractivity contribution in [3.63, 3.8) is 0 Å². The molecule has 2 aromatic carbocycles. The molecule has 11 nitrogen and oxygen atoms in total. The van der Waals surface area contributed by atoms with Gasteiger partial charge in [-0.3, -0.25) is 24.4 Å². The normalized spacial score (nSPS) is 19.8. The van der Waals surface area contributed by atoms with Crippen LogP contribution in [0.3, 0.4) is 0 Å². The summed E-state index contributed by atoms with van der Waals surface area (Å²) in [6.45, 7) is 8.75. The number of benzene rings is 2. The van der Waals surface area contributed by atoms with Crippen LogP contribution in [0.15, 0.2) is 48.7 Å². The number of hydrogen-bond donors (Lipinski definition) is 1. The van der Waals surface area contributed by atoms with Crippen LogP contribution in [0.1, 0.15) is 54.6 Å². The minimum atomic E-state index is -0.350. The summed E-state index contributed by atoms with van der Waals surface area (Å²) in [5, 5.41) is 3.12. The number of nitrogens with one attached hydrogen (secondary N) is 1. The Labute approximate surface area is 303 Å². The minimum Gasteiger partial charge on any atom is -0.481 e. The number of carbonyl (C=O) groups is 2. The number of pyridine rings is 1. The molecular formula is C40H44FN7O4. The highest BCUT2D eigenvalue weighted by Crippen LogP contribution is 2.44. The van der Waals surface area contributed by atoms with Crippen LogP contribution in [0, 0.1) is 12.7 Å². The maximum atomic E-state index is 16.7. The maximum Gasteiger partial charge on any atom is 0.237 e. The van der Waals surface area contributed by atoms with E-state index in [4.69, 9.17) is 24.4 Å². The van der Waals surface area contributed by atoms with Gasteiger partial charge in [-0.15, -0.1) is 0 Å². The quantitative estimate of drug-likeness (QED) is 0.272. The van der Waals surface area contributed by atoms with Gasteiger partial charge >= 0.3 is 0 Å². The first-order chi connectivity index (χ1) is 25.2. The van der Waals surface area contributed by atoms with Gasteiger partial charge in [-0.2, -0.15) is 0 Å². The largest absolute Gasteiger partial charge is 0.481 e. The van der Waals surface area contributed by atoms with Crippen molar-refractivity contribution in [2.45, 2.75) is 57.7 Å². The zero-order valence-electron chi connectivity index (χ0n) is 30.2. The molecule has 1 aliphatic carbocycles. The van der Waals surface area contributed by atoms with Gasteiger partial charge in [0, 0.05) is 87.5 Å². The van der Waals surface area contributed by atoms with E-state index in [1.165, 1.54) is 0 Å². The number of nitrogens with zero attached hydrogens (tertiary/aromatic N) is 6. The number of likely N-dealkylation sites (tertiary alicyclic amines) is 1. The van der Waals surface area contributed by atoms with Crippen LogP contribution >= 0.6 is 0 Å². The Bertz CT molecular complexity index is 2060. The molecule has 270 valence electrons. The number of aryl methyl sites for hydroxylation is 1. The van der Waals surface area contributed by atoms with E-state index >= 15 is 4.39 Å². The number of methoxy groups -OCH3 is 2. The van der Waals surface area contributed by atoms with Crippen LogP contribution in [-0.4, -0.2) is 100 Å². The molecule has 0 saturated carbocycles. The molecule has 3 saturated heterocycles. The fourth-order valence-electron chi connectivity index (χ4n) is 8.67. The summed E-state index contributed by atoms with van der Waals surface area (Å²) >= 11 is 0. The third-order valence-electron chi connectivity index (χ3n) is 11.4. The second-order valence-corrected chi connectivity index (χ2v) is 14.5. The molecule has 1 atom stereocenters. The molecule has 3 aliphatic heterocycles. The number of amides is 2. The second-order valence-electron chi connectivity index (χ2n) is 14.5. The number of rotatable bonds is 8. The van der Waals surface area contributed by atoms with E-state index in [1.54, 1.807) is 39.5 Å². The zero-order valence-corrected chi connectivity index (χ0v) is 30.2. The first kappa shape index (κ1) is 34.2. The van der Waals surface area contributed by atoms with Gasteiger partial charge < -0.3 is 19.7 Å². The Morgan fingerprint density at radius 2 is 1.63 bits per heavy atom. The van der Waals surface area contributed by atoms with Crippen molar-refractivity contribution in [1.82, 2.24) is 35.0 Å². The van der Waals surface area contributed by atoms with E-state index in [-0.39, 0.29) is 29.2 Å². The molecule has 8 rings (SSSR count). The molecule has 1 unspecified atom stereocenters. The number of hydrogen-bond acceptors (Lipinski definition) is 9. The lowest BCUT2D eigenvalue weighted by molar-refractivity contribution is -0.131. The monoisotopic (exact) mass is 705 g/mol. The van der Waals surface area contributed by atoms with E-state index in [0.29, 0.717) is 60.3 Å². The average Bonchev–Trinajstić information content (AvgIpc) is 3.75. The summed E-state index contributed by atoms with van der Waals surface area (Å²) in [6.07, 6.45) is 4.98. The van der Waals surface area contributed by atoms with E-state index in [1.807, 2.05) is 42.2 Å². The summed E-state index contributed by atoms with van der Waals surface area (Å²) in [7, 11) is 3.22. The minimum absolute atomic E-state index is 0.109. The third-order valence-corrected chi connectivity index (χ3v) is 11.4. The van der Waals surface area contributed by atoms with Gasteiger partial charge in [0.05, 0.1) is 37.3 Å². The molecule has 4 aromatic rings.